The van der Waals surface area contributed by atoms with Gasteiger partial charge in [0, 0.05) is 19.5 Å². The van der Waals surface area contributed by atoms with E-state index in [1.165, 1.54) is 19.3 Å². The fourth-order valence-electron chi connectivity index (χ4n) is 1.23. The number of rotatable bonds is 2. The van der Waals surface area contributed by atoms with Crippen LogP contribution in [-0.2, 0) is 4.79 Å². The molecule has 63 valence electrons. The van der Waals surface area contributed by atoms with E-state index in [1.807, 2.05) is 5.01 Å². The van der Waals surface area contributed by atoms with Crippen molar-refractivity contribution >= 4 is 5.91 Å². The van der Waals surface area contributed by atoms with Gasteiger partial charge in [0.2, 0.25) is 5.91 Å². The van der Waals surface area contributed by atoms with Crippen molar-refractivity contribution in [3.8, 4) is 0 Å². The normalized spacial score (nSPS) is 19.7. The minimum Gasteiger partial charge on any atom is -0.289 e. The zero-order valence-electron chi connectivity index (χ0n) is 6.97. The highest BCUT2D eigenvalue weighted by molar-refractivity contribution is 5.83. The van der Waals surface area contributed by atoms with E-state index < -0.39 is 0 Å². The van der Waals surface area contributed by atoms with Gasteiger partial charge in [-0.05, 0) is 12.8 Å². The highest BCUT2D eigenvalue weighted by atomic mass is 16.2. The van der Waals surface area contributed by atoms with Gasteiger partial charge in [0.1, 0.15) is 0 Å². The molecule has 0 spiro atoms. The van der Waals surface area contributed by atoms with Crippen LogP contribution in [0.1, 0.15) is 26.2 Å². The smallest absolute Gasteiger partial charge is 0.237 e. The fourth-order valence-corrected chi connectivity index (χ4v) is 1.23. The predicted octanol–water partition coefficient (Wildman–Crippen LogP) is 0.728. The number of nitrogens with zero attached hydrogens (tertiary/aromatic N) is 1. The van der Waals surface area contributed by atoms with Crippen LogP contribution in [0.4, 0.5) is 0 Å². The molecule has 11 heavy (non-hydrogen) atoms. The van der Waals surface area contributed by atoms with Gasteiger partial charge >= 0.3 is 0 Å². The molecule has 0 unspecified atom stereocenters. The molecule has 1 fully saturated rings. The Morgan fingerprint density at radius 2 is 2.00 bits per heavy atom. The molecule has 0 aromatic heterocycles. The van der Waals surface area contributed by atoms with Crippen molar-refractivity contribution in [2.45, 2.75) is 26.2 Å². The molecule has 1 heterocycles. The third-order valence-corrected chi connectivity index (χ3v) is 1.89. The maximum Gasteiger partial charge on any atom is 0.237 e. The summed E-state index contributed by atoms with van der Waals surface area (Å²) in [6.45, 7) is 3.75. The first-order valence-corrected chi connectivity index (χ1v) is 4.18. The summed E-state index contributed by atoms with van der Waals surface area (Å²) < 4.78 is 0. The molecule has 3 nitrogen and oxygen atoms in total. The predicted molar refractivity (Wildman–Crippen MR) is 43.5 cm³/mol. The Morgan fingerprint density at radius 3 is 2.55 bits per heavy atom. The first-order chi connectivity index (χ1) is 5.33. The van der Waals surface area contributed by atoms with Crippen molar-refractivity contribution in [3.05, 3.63) is 6.42 Å². The molecule has 0 aromatic carbocycles. The van der Waals surface area contributed by atoms with Gasteiger partial charge in [0.15, 0.2) is 0 Å². The molecular formula is C8H15N2O. The zero-order chi connectivity index (χ0) is 8.10. The minimum absolute atomic E-state index is 0.00639. The third-order valence-electron chi connectivity index (χ3n) is 1.89. The van der Waals surface area contributed by atoms with Crippen molar-refractivity contribution in [1.29, 1.82) is 0 Å². The largest absolute Gasteiger partial charge is 0.289 e. The van der Waals surface area contributed by atoms with Crippen molar-refractivity contribution in [2.75, 3.05) is 13.1 Å². The van der Waals surface area contributed by atoms with E-state index in [-0.39, 0.29) is 5.91 Å². The summed E-state index contributed by atoms with van der Waals surface area (Å²) in [5, 5.41) is 1.99. The van der Waals surface area contributed by atoms with E-state index in [9.17, 15) is 4.79 Å². The van der Waals surface area contributed by atoms with Crippen LogP contribution in [0.3, 0.4) is 0 Å². The second-order valence-electron chi connectivity index (χ2n) is 2.81. The number of hydrogen-bond acceptors (Lipinski definition) is 2. The van der Waals surface area contributed by atoms with Crippen LogP contribution in [0, 0.1) is 6.42 Å². The number of piperidine rings is 1. The van der Waals surface area contributed by atoms with Crippen LogP contribution >= 0.6 is 0 Å². The summed E-state index contributed by atoms with van der Waals surface area (Å²) in [6.07, 6.45) is 5.24. The van der Waals surface area contributed by atoms with Crippen molar-refractivity contribution < 1.29 is 4.79 Å². The lowest BCUT2D eigenvalue weighted by molar-refractivity contribution is -0.122. The number of nitrogens with one attached hydrogen (secondary N) is 1. The van der Waals surface area contributed by atoms with Gasteiger partial charge in [-0.2, -0.15) is 0 Å². The number of carbonyl (C=O) groups is 1. The van der Waals surface area contributed by atoms with Crippen LogP contribution in [0.25, 0.3) is 0 Å². The Hall–Kier alpha value is -0.570. The molecule has 0 aliphatic carbocycles. The van der Waals surface area contributed by atoms with Crippen LogP contribution in [0.2, 0.25) is 0 Å². The maximum absolute atomic E-state index is 10.9. The third kappa shape index (κ3) is 2.89. The van der Waals surface area contributed by atoms with Gasteiger partial charge in [-0.3, -0.25) is 10.2 Å². The minimum atomic E-state index is 0.00639. The van der Waals surface area contributed by atoms with E-state index in [4.69, 9.17) is 0 Å². The van der Waals surface area contributed by atoms with E-state index >= 15 is 0 Å². The molecule has 3 heteroatoms. The van der Waals surface area contributed by atoms with Crippen molar-refractivity contribution in [2.24, 2.45) is 0 Å². The Morgan fingerprint density at radius 1 is 1.36 bits per heavy atom. The Kier molecular flexibility index (Phi) is 3.36. The highest BCUT2D eigenvalue weighted by Crippen LogP contribution is 2.05. The van der Waals surface area contributed by atoms with Gasteiger partial charge in [0.25, 0.3) is 0 Å². The molecule has 0 saturated carbocycles. The summed E-state index contributed by atoms with van der Waals surface area (Å²) in [5.41, 5.74) is 2.81. The quantitative estimate of drug-likeness (QED) is 0.637. The molecule has 1 aliphatic rings. The van der Waals surface area contributed by atoms with Crippen LogP contribution in [-0.4, -0.2) is 24.0 Å². The average molecular weight is 155 g/mol. The first kappa shape index (κ1) is 8.53. The molecule has 0 bridgehead atoms. The van der Waals surface area contributed by atoms with Crippen LogP contribution in [0.15, 0.2) is 0 Å². The van der Waals surface area contributed by atoms with Gasteiger partial charge in [-0.1, -0.05) is 13.3 Å². The lowest BCUT2D eigenvalue weighted by atomic mass is 10.2. The lowest BCUT2D eigenvalue weighted by Gasteiger charge is -2.26. The van der Waals surface area contributed by atoms with Crippen LogP contribution < -0.4 is 5.43 Å². The molecule has 0 atom stereocenters. The molecule has 0 aromatic rings. The molecule has 1 N–H and O–H groups in total. The van der Waals surface area contributed by atoms with Gasteiger partial charge in [-0.25, -0.2) is 5.01 Å². The SMILES string of the molecule is C[CH]C(=O)NN1CCCCC1. The van der Waals surface area contributed by atoms with E-state index in [0.717, 1.165) is 13.1 Å². The molecule has 1 rings (SSSR count). The summed E-state index contributed by atoms with van der Waals surface area (Å²) in [6, 6.07) is 0. The lowest BCUT2D eigenvalue weighted by Crippen LogP contribution is -2.44. The fraction of sp³-hybridized carbons (Fsp3) is 0.750. The molecule has 1 aliphatic heterocycles. The monoisotopic (exact) mass is 155 g/mol. The second-order valence-corrected chi connectivity index (χ2v) is 2.81. The summed E-state index contributed by atoms with van der Waals surface area (Å²) in [4.78, 5) is 10.9. The van der Waals surface area contributed by atoms with E-state index in [0.29, 0.717) is 0 Å². The molecule has 1 amide bonds. The zero-order valence-corrected chi connectivity index (χ0v) is 6.97. The number of amides is 1. The van der Waals surface area contributed by atoms with Crippen molar-refractivity contribution in [3.63, 3.8) is 0 Å². The van der Waals surface area contributed by atoms with Crippen molar-refractivity contribution in [1.82, 2.24) is 10.4 Å². The first-order valence-electron chi connectivity index (χ1n) is 4.18. The number of hydrazine groups is 1. The summed E-state index contributed by atoms with van der Waals surface area (Å²) >= 11 is 0. The van der Waals surface area contributed by atoms with E-state index in [2.05, 4.69) is 5.43 Å². The second kappa shape index (κ2) is 4.34. The highest BCUT2D eigenvalue weighted by Gasteiger charge is 2.10. The van der Waals surface area contributed by atoms with Gasteiger partial charge < -0.3 is 0 Å². The van der Waals surface area contributed by atoms with Gasteiger partial charge in [-0.15, -0.1) is 0 Å². The number of hydrogen-bond donors (Lipinski definition) is 1. The summed E-state index contributed by atoms with van der Waals surface area (Å²) in [7, 11) is 0. The standard InChI is InChI=1S/C8H15N2O/c1-2-8(11)9-10-6-4-3-5-7-10/h2H,3-7H2,1H3,(H,9,11). The number of carbonyl (C=O) groups excluding carboxylic acids is 1. The Bertz CT molecular complexity index is 130. The Balaban J connectivity index is 2.19. The molecular weight excluding hydrogens is 140 g/mol. The van der Waals surface area contributed by atoms with Crippen LogP contribution in [0.5, 0.6) is 0 Å². The molecule has 1 saturated heterocycles. The Labute approximate surface area is 67.7 Å². The topological polar surface area (TPSA) is 32.3 Å². The average Bonchev–Trinajstić information content (AvgIpc) is 2.06. The maximum atomic E-state index is 10.9. The molecule has 1 radical (unpaired) electrons. The summed E-state index contributed by atoms with van der Waals surface area (Å²) in [5.74, 6) is 0.00639. The van der Waals surface area contributed by atoms with E-state index in [1.54, 1.807) is 13.3 Å². The van der Waals surface area contributed by atoms with Gasteiger partial charge in [0.05, 0.1) is 0 Å².